The van der Waals surface area contributed by atoms with Gasteiger partial charge in [-0.3, -0.25) is 0 Å². The molecule has 7 nitrogen and oxygen atoms in total. The van der Waals surface area contributed by atoms with Gasteiger partial charge in [0.25, 0.3) is 0 Å². The van der Waals surface area contributed by atoms with Crippen LogP contribution in [0.3, 0.4) is 0 Å². The van der Waals surface area contributed by atoms with Crippen molar-refractivity contribution in [3.8, 4) is 0 Å². The molecule has 2 amide bonds. The Morgan fingerprint density at radius 3 is 2.56 bits per heavy atom. The molecular formula is C20H26N6O. The van der Waals surface area contributed by atoms with Crippen molar-refractivity contribution in [3.63, 3.8) is 0 Å². The molecule has 0 radical (unpaired) electrons. The van der Waals surface area contributed by atoms with Gasteiger partial charge in [-0.2, -0.15) is 4.52 Å². The molecule has 0 aliphatic heterocycles. The molecule has 0 spiro atoms. The summed E-state index contributed by atoms with van der Waals surface area (Å²) in [5.74, 6) is 0. The third-order valence-corrected chi connectivity index (χ3v) is 5.69. The molecule has 3 aromatic rings. The highest BCUT2D eigenvalue weighted by molar-refractivity contribution is 5.85. The van der Waals surface area contributed by atoms with Gasteiger partial charge in [-0.15, -0.1) is 5.10 Å². The molecular weight excluding hydrogens is 340 g/mol. The number of aryl methyl sites for hydroxylation is 2. The van der Waals surface area contributed by atoms with Crippen LogP contribution in [-0.4, -0.2) is 56.0 Å². The molecule has 2 aromatic heterocycles. The van der Waals surface area contributed by atoms with Gasteiger partial charge in [0.2, 0.25) is 0 Å². The average molecular weight is 366 g/mol. The third-order valence-electron chi connectivity index (χ3n) is 5.69. The van der Waals surface area contributed by atoms with Crippen LogP contribution >= 0.6 is 0 Å². The maximum atomic E-state index is 12.9. The van der Waals surface area contributed by atoms with E-state index < -0.39 is 0 Å². The molecule has 1 aliphatic carbocycles. The predicted molar refractivity (Wildman–Crippen MR) is 105 cm³/mol. The fraction of sp³-hybridized carbons (Fsp3) is 0.500. The summed E-state index contributed by atoms with van der Waals surface area (Å²) < 4.78 is 1.80. The van der Waals surface area contributed by atoms with Crippen LogP contribution in [0.4, 0.5) is 4.79 Å². The average Bonchev–Trinajstić information content (AvgIpc) is 3.32. The number of pyridine rings is 1. The summed E-state index contributed by atoms with van der Waals surface area (Å²) in [6.07, 6.45) is 4.49. The zero-order valence-electron chi connectivity index (χ0n) is 16.4. The van der Waals surface area contributed by atoms with E-state index in [2.05, 4.69) is 47.6 Å². The van der Waals surface area contributed by atoms with Crippen LogP contribution in [0.2, 0.25) is 0 Å². The number of tetrazole rings is 1. The molecule has 1 saturated carbocycles. The van der Waals surface area contributed by atoms with E-state index in [9.17, 15) is 4.79 Å². The number of nitrogens with zero attached hydrogens (tertiary/aromatic N) is 6. The van der Waals surface area contributed by atoms with Crippen LogP contribution in [0.25, 0.3) is 16.6 Å². The van der Waals surface area contributed by atoms with Crippen molar-refractivity contribution in [1.29, 1.82) is 0 Å². The number of carbonyl (C=O) groups is 1. The van der Waals surface area contributed by atoms with Crippen molar-refractivity contribution in [2.45, 2.75) is 52.1 Å². The maximum absolute atomic E-state index is 12.9. The number of rotatable bonds is 3. The second kappa shape index (κ2) is 6.79. The number of hydrogen-bond donors (Lipinski definition) is 0. The number of fused-ring (bicyclic) bond motifs is 3. The topological polar surface area (TPSA) is 66.6 Å². The van der Waals surface area contributed by atoms with Gasteiger partial charge in [0.1, 0.15) is 0 Å². The molecule has 1 aliphatic rings. The summed E-state index contributed by atoms with van der Waals surface area (Å²) in [5.41, 5.74) is 5.15. The molecule has 4 rings (SSSR count). The lowest BCUT2D eigenvalue weighted by atomic mass is 10.0. The van der Waals surface area contributed by atoms with Crippen LogP contribution in [0.5, 0.6) is 0 Å². The SMILES string of the molecule is Cc1cc2cc(CN(C(=O)N(C)C)C3CCCC3)c3nnnn3c2cc1C. The van der Waals surface area contributed by atoms with Gasteiger partial charge in [-0.25, -0.2) is 4.79 Å². The fourth-order valence-corrected chi connectivity index (χ4v) is 4.05. The number of benzene rings is 1. The van der Waals surface area contributed by atoms with Crippen molar-refractivity contribution in [3.05, 3.63) is 34.9 Å². The standard InChI is InChI=1S/C20H26N6O/c1-13-9-15-11-16(19-21-22-23-26(19)18(15)10-14(13)2)12-25(20(27)24(3)4)17-7-5-6-8-17/h9-11,17H,5-8,12H2,1-4H3. The minimum absolute atomic E-state index is 0.0488. The zero-order valence-corrected chi connectivity index (χ0v) is 16.4. The molecule has 2 heterocycles. The summed E-state index contributed by atoms with van der Waals surface area (Å²) in [7, 11) is 3.62. The van der Waals surface area contributed by atoms with Gasteiger partial charge in [-0.1, -0.05) is 12.8 Å². The molecule has 0 unspecified atom stereocenters. The predicted octanol–water partition coefficient (Wildman–Crippen LogP) is 3.32. The molecule has 0 N–H and O–H groups in total. The smallest absolute Gasteiger partial charge is 0.320 e. The first-order valence-electron chi connectivity index (χ1n) is 9.54. The third kappa shape index (κ3) is 3.11. The van der Waals surface area contributed by atoms with Gasteiger partial charge in [0.05, 0.1) is 12.1 Å². The lowest BCUT2D eigenvalue weighted by molar-refractivity contribution is 0.146. The molecule has 0 atom stereocenters. The first-order valence-corrected chi connectivity index (χ1v) is 9.54. The number of hydrogen-bond acceptors (Lipinski definition) is 4. The van der Waals surface area contributed by atoms with Crippen LogP contribution in [0, 0.1) is 13.8 Å². The normalized spacial score (nSPS) is 15.0. The highest BCUT2D eigenvalue weighted by Crippen LogP contribution is 2.28. The summed E-state index contributed by atoms with van der Waals surface area (Å²) in [6.45, 7) is 4.73. The second-order valence-corrected chi connectivity index (χ2v) is 7.82. The second-order valence-electron chi connectivity index (χ2n) is 7.82. The monoisotopic (exact) mass is 366 g/mol. The van der Waals surface area contributed by atoms with Gasteiger partial charge in [-0.05, 0) is 66.4 Å². The Morgan fingerprint density at radius 1 is 1.15 bits per heavy atom. The van der Waals surface area contributed by atoms with Crippen molar-refractivity contribution in [2.24, 2.45) is 0 Å². The van der Waals surface area contributed by atoms with E-state index in [1.165, 1.54) is 24.0 Å². The van der Waals surface area contributed by atoms with Crippen LogP contribution < -0.4 is 0 Å². The summed E-state index contributed by atoms with van der Waals surface area (Å²) in [5, 5.41) is 13.5. The van der Waals surface area contributed by atoms with Crippen LogP contribution in [0.1, 0.15) is 42.4 Å². The molecule has 142 valence electrons. The summed E-state index contributed by atoms with van der Waals surface area (Å²) in [6, 6.07) is 6.76. The minimum Gasteiger partial charge on any atom is -0.331 e. The lowest BCUT2D eigenvalue weighted by Gasteiger charge is -2.31. The quantitative estimate of drug-likeness (QED) is 0.713. The van der Waals surface area contributed by atoms with E-state index in [-0.39, 0.29) is 12.1 Å². The molecule has 1 fully saturated rings. The Labute approximate surface area is 158 Å². The first kappa shape index (κ1) is 17.7. The molecule has 0 bridgehead atoms. The minimum atomic E-state index is 0.0488. The molecule has 7 heteroatoms. The van der Waals surface area contributed by atoms with E-state index >= 15 is 0 Å². The van der Waals surface area contributed by atoms with Gasteiger partial charge >= 0.3 is 6.03 Å². The molecule has 1 aromatic carbocycles. The number of urea groups is 1. The summed E-state index contributed by atoms with van der Waals surface area (Å²) in [4.78, 5) is 16.5. The molecule has 0 saturated heterocycles. The maximum Gasteiger partial charge on any atom is 0.320 e. The highest BCUT2D eigenvalue weighted by Gasteiger charge is 2.29. The van der Waals surface area contributed by atoms with Gasteiger partial charge < -0.3 is 9.80 Å². The first-order chi connectivity index (χ1) is 13.0. The van der Waals surface area contributed by atoms with E-state index in [4.69, 9.17) is 0 Å². The highest BCUT2D eigenvalue weighted by atomic mass is 16.2. The van der Waals surface area contributed by atoms with E-state index in [1.807, 2.05) is 19.0 Å². The Morgan fingerprint density at radius 2 is 1.85 bits per heavy atom. The number of amides is 2. The number of aromatic nitrogens is 4. The Bertz CT molecular complexity index is 1000. The van der Waals surface area contributed by atoms with Crippen molar-refractivity contribution < 1.29 is 4.79 Å². The molecule has 27 heavy (non-hydrogen) atoms. The van der Waals surface area contributed by atoms with Gasteiger partial charge in [0, 0.05) is 31.1 Å². The van der Waals surface area contributed by atoms with Crippen molar-refractivity contribution in [2.75, 3.05) is 14.1 Å². The van der Waals surface area contributed by atoms with Crippen LogP contribution in [0.15, 0.2) is 18.2 Å². The fourth-order valence-electron chi connectivity index (χ4n) is 4.05. The van der Waals surface area contributed by atoms with Crippen LogP contribution in [-0.2, 0) is 6.54 Å². The van der Waals surface area contributed by atoms with E-state index in [0.29, 0.717) is 6.54 Å². The lowest BCUT2D eigenvalue weighted by Crippen LogP contribution is -2.44. The van der Waals surface area contributed by atoms with Gasteiger partial charge in [0.15, 0.2) is 5.65 Å². The largest absolute Gasteiger partial charge is 0.331 e. The summed E-state index contributed by atoms with van der Waals surface area (Å²) >= 11 is 0. The Kier molecular flexibility index (Phi) is 4.45. The Balaban J connectivity index is 1.82. The zero-order chi connectivity index (χ0) is 19.1. The van der Waals surface area contributed by atoms with Crippen molar-refractivity contribution in [1.82, 2.24) is 29.8 Å². The van der Waals surface area contributed by atoms with Crippen molar-refractivity contribution >= 4 is 22.6 Å². The van der Waals surface area contributed by atoms with E-state index in [0.717, 1.165) is 35.0 Å². The van der Waals surface area contributed by atoms with E-state index in [1.54, 1.807) is 9.42 Å². The number of carbonyl (C=O) groups excluding carboxylic acids is 1. The Hall–Kier alpha value is -2.70.